The minimum absolute atomic E-state index is 0.0997. The molecule has 23 heavy (non-hydrogen) atoms. The van der Waals surface area contributed by atoms with Crippen molar-refractivity contribution in [3.8, 4) is 0 Å². The minimum Gasteiger partial charge on any atom is -0.451 e. The van der Waals surface area contributed by atoms with Crippen molar-refractivity contribution in [3.05, 3.63) is 40.4 Å². The van der Waals surface area contributed by atoms with Crippen LogP contribution in [0.5, 0.6) is 0 Å². The summed E-state index contributed by atoms with van der Waals surface area (Å²) in [6.45, 7) is 2.86. The van der Waals surface area contributed by atoms with Gasteiger partial charge in [-0.15, -0.1) is 5.10 Å². The second kappa shape index (κ2) is 7.59. The molecule has 0 fully saturated rings. The fourth-order valence-corrected chi connectivity index (χ4v) is 2.45. The Balaban J connectivity index is 1.91. The van der Waals surface area contributed by atoms with E-state index in [2.05, 4.69) is 14.9 Å². The molecule has 8 heteroatoms. The average molecular weight is 333 g/mol. The number of amides is 1. The Morgan fingerprint density at radius 3 is 2.78 bits per heavy atom. The van der Waals surface area contributed by atoms with Crippen molar-refractivity contribution in [1.29, 1.82) is 0 Å². The van der Waals surface area contributed by atoms with Gasteiger partial charge < -0.3 is 10.1 Å². The molecule has 1 amide bonds. The molecule has 0 spiro atoms. The number of Topliss-reactive ketones (excluding diaryl/α,β-unsaturated/α-hetero) is 1. The molecule has 0 aliphatic heterocycles. The lowest BCUT2D eigenvalue weighted by Crippen LogP contribution is -2.21. The molecule has 120 valence electrons. The molecule has 0 bridgehead atoms. The third-order valence-corrected chi connectivity index (χ3v) is 3.71. The minimum atomic E-state index is -0.621. The molecular weight excluding hydrogens is 318 g/mol. The van der Waals surface area contributed by atoms with Crippen LogP contribution in [0.15, 0.2) is 24.3 Å². The zero-order valence-corrected chi connectivity index (χ0v) is 13.5. The van der Waals surface area contributed by atoms with Crippen LogP contribution < -0.4 is 5.32 Å². The van der Waals surface area contributed by atoms with Crippen LogP contribution in [0.4, 0.5) is 5.69 Å². The van der Waals surface area contributed by atoms with Gasteiger partial charge in [-0.3, -0.25) is 9.59 Å². The number of nitrogens with one attached hydrogen (secondary N) is 1. The number of rotatable bonds is 6. The lowest BCUT2D eigenvalue weighted by molar-refractivity contribution is -0.119. The monoisotopic (exact) mass is 333 g/mol. The first-order chi connectivity index (χ1) is 11.0. The Morgan fingerprint density at radius 1 is 1.30 bits per heavy atom. The molecule has 1 aromatic carbocycles. The molecule has 0 aliphatic rings. The van der Waals surface area contributed by atoms with Crippen molar-refractivity contribution in [3.63, 3.8) is 0 Å². The van der Waals surface area contributed by atoms with Crippen LogP contribution in [0.2, 0.25) is 0 Å². The first-order valence-corrected chi connectivity index (χ1v) is 7.67. The first kappa shape index (κ1) is 16.8. The number of nitrogens with zero attached hydrogens (tertiary/aromatic N) is 2. The fraction of sp³-hybridized carbons (Fsp3) is 0.267. The number of anilines is 1. The van der Waals surface area contributed by atoms with Crippen LogP contribution in [-0.2, 0) is 16.0 Å². The van der Waals surface area contributed by atoms with Gasteiger partial charge >= 0.3 is 5.97 Å². The van der Waals surface area contributed by atoms with Crippen molar-refractivity contribution in [1.82, 2.24) is 9.59 Å². The van der Waals surface area contributed by atoms with Crippen LogP contribution in [-0.4, -0.2) is 33.9 Å². The first-order valence-electron chi connectivity index (χ1n) is 6.90. The van der Waals surface area contributed by atoms with Crippen LogP contribution >= 0.6 is 11.5 Å². The number of carbonyl (C=O) groups is 3. The highest BCUT2D eigenvalue weighted by molar-refractivity contribution is 7.07. The zero-order chi connectivity index (χ0) is 16.8. The van der Waals surface area contributed by atoms with Crippen molar-refractivity contribution < 1.29 is 19.1 Å². The molecule has 0 saturated heterocycles. The average Bonchev–Trinajstić information content (AvgIpc) is 3.01. The predicted molar refractivity (Wildman–Crippen MR) is 84.6 cm³/mol. The van der Waals surface area contributed by atoms with Gasteiger partial charge in [-0.1, -0.05) is 23.5 Å². The lowest BCUT2D eigenvalue weighted by atomic mass is 10.1. The van der Waals surface area contributed by atoms with Gasteiger partial charge in [0, 0.05) is 11.3 Å². The van der Waals surface area contributed by atoms with Crippen molar-refractivity contribution >= 4 is 34.9 Å². The normalized spacial score (nSPS) is 10.2. The summed E-state index contributed by atoms with van der Waals surface area (Å²) in [5, 5.41) is 6.38. The smallest absolute Gasteiger partial charge is 0.352 e. The number of hydrogen-bond donors (Lipinski definition) is 1. The van der Waals surface area contributed by atoms with E-state index >= 15 is 0 Å². The van der Waals surface area contributed by atoms with Gasteiger partial charge in [-0.25, -0.2) is 4.79 Å². The van der Waals surface area contributed by atoms with E-state index in [4.69, 9.17) is 4.74 Å². The van der Waals surface area contributed by atoms with E-state index < -0.39 is 18.5 Å². The molecule has 0 atom stereocenters. The van der Waals surface area contributed by atoms with Crippen LogP contribution in [0.25, 0.3) is 0 Å². The number of ether oxygens (including phenoxy) is 1. The largest absolute Gasteiger partial charge is 0.451 e. The molecule has 7 nitrogen and oxygen atoms in total. The van der Waals surface area contributed by atoms with E-state index in [1.54, 1.807) is 24.3 Å². The van der Waals surface area contributed by atoms with E-state index in [-0.39, 0.29) is 5.78 Å². The molecule has 2 aromatic rings. The maximum Gasteiger partial charge on any atom is 0.352 e. The van der Waals surface area contributed by atoms with Gasteiger partial charge in [0.15, 0.2) is 17.3 Å². The summed E-state index contributed by atoms with van der Waals surface area (Å²) in [7, 11) is 0. The molecule has 0 saturated carbocycles. The number of ketones is 1. The number of carbonyl (C=O) groups excluding carboxylic acids is 3. The van der Waals surface area contributed by atoms with Crippen molar-refractivity contribution in [2.45, 2.75) is 20.3 Å². The summed E-state index contributed by atoms with van der Waals surface area (Å²) in [5.74, 6) is -1.21. The molecule has 2 rings (SSSR count). The summed E-state index contributed by atoms with van der Waals surface area (Å²) < 4.78 is 8.65. The highest BCUT2D eigenvalue weighted by Crippen LogP contribution is 2.13. The molecule has 1 heterocycles. The Kier molecular flexibility index (Phi) is 5.53. The Hall–Kier alpha value is -2.61. The summed E-state index contributed by atoms with van der Waals surface area (Å²) in [5.41, 5.74) is 1.50. The maximum absolute atomic E-state index is 11.9. The number of benzene rings is 1. The molecule has 1 N–H and O–H groups in total. The molecule has 1 aromatic heterocycles. The summed E-state index contributed by atoms with van der Waals surface area (Å²) >= 11 is 0.938. The van der Waals surface area contributed by atoms with Gasteiger partial charge in [0.1, 0.15) is 0 Å². The standard InChI is InChI=1S/C15H15N3O4S/c1-3-12-14(23-18-17-12)15(21)22-8-13(20)16-11-6-4-5-10(7-11)9(2)19/h4-7H,3,8H2,1-2H3,(H,16,20). The Bertz CT molecular complexity index is 742. The third-order valence-electron chi connectivity index (χ3n) is 2.96. The quantitative estimate of drug-likeness (QED) is 0.642. The van der Waals surface area contributed by atoms with Gasteiger partial charge in [-0.05, 0) is 37.0 Å². The number of aromatic nitrogens is 2. The van der Waals surface area contributed by atoms with Crippen molar-refractivity contribution in [2.75, 3.05) is 11.9 Å². The van der Waals surface area contributed by atoms with E-state index in [0.717, 1.165) is 11.5 Å². The topological polar surface area (TPSA) is 98.2 Å². The lowest BCUT2D eigenvalue weighted by Gasteiger charge is -2.07. The number of esters is 1. The molecule has 0 unspecified atom stereocenters. The van der Waals surface area contributed by atoms with Crippen LogP contribution in [0, 0.1) is 0 Å². The highest BCUT2D eigenvalue weighted by Gasteiger charge is 2.17. The van der Waals surface area contributed by atoms with Gasteiger partial charge in [0.25, 0.3) is 5.91 Å². The summed E-state index contributed by atoms with van der Waals surface area (Å²) in [6.07, 6.45) is 0.560. The van der Waals surface area contributed by atoms with E-state index in [9.17, 15) is 14.4 Å². The van der Waals surface area contributed by atoms with Gasteiger partial charge in [0.05, 0.1) is 5.69 Å². The SMILES string of the molecule is CCc1nnsc1C(=O)OCC(=O)Nc1cccc(C(C)=O)c1. The van der Waals surface area contributed by atoms with Crippen molar-refractivity contribution in [2.24, 2.45) is 0 Å². The highest BCUT2D eigenvalue weighted by atomic mass is 32.1. The Morgan fingerprint density at radius 2 is 2.09 bits per heavy atom. The van der Waals surface area contributed by atoms with Gasteiger partial charge in [0.2, 0.25) is 0 Å². The molecule has 0 aliphatic carbocycles. The van der Waals surface area contributed by atoms with E-state index in [0.29, 0.717) is 28.2 Å². The third kappa shape index (κ3) is 4.43. The summed E-state index contributed by atoms with van der Waals surface area (Å²) in [6, 6.07) is 6.52. The van der Waals surface area contributed by atoms with Crippen LogP contribution in [0.1, 0.15) is 39.6 Å². The second-order valence-corrected chi connectivity index (χ2v) is 5.42. The van der Waals surface area contributed by atoms with Gasteiger partial charge in [-0.2, -0.15) is 0 Å². The fourth-order valence-electron chi connectivity index (χ4n) is 1.80. The number of aryl methyl sites for hydroxylation is 1. The predicted octanol–water partition coefficient (Wildman–Crippen LogP) is 2.10. The molecule has 0 radical (unpaired) electrons. The van der Waals surface area contributed by atoms with E-state index in [1.165, 1.54) is 6.92 Å². The molecular formula is C15H15N3O4S. The Labute approximate surface area is 136 Å². The number of hydrogen-bond acceptors (Lipinski definition) is 7. The zero-order valence-electron chi connectivity index (χ0n) is 12.7. The maximum atomic E-state index is 11.9. The summed E-state index contributed by atoms with van der Waals surface area (Å²) in [4.78, 5) is 35.3. The van der Waals surface area contributed by atoms with E-state index in [1.807, 2.05) is 6.92 Å². The second-order valence-electron chi connectivity index (χ2n) is 4.66. The van der Waals surface area contributed by atoms with Crippen LogP contribution in [0.3, 0.4) is 0 Å².